The number of likely N-dealkylation sites (tertiary alicyclic amines) is 1. The largest absolute Gasteiger partial charge is 0.497 e. The highest BCUT2D eigenvalue weighted by Gasteiger charge is 2.30. The lowest BCUT2D eigenvalue weighted by Crippen LogP contribution is -2.30. The number of amides is 1. The molecule has 0 radical (unpaired) electrons. The van der Waals surface area contributed by atoms with Gasteiger partial charge in [-0.15, -0.1) is 0 Å². The standard InChI is InChI=1S/C23H27NO4/c1-26-19-6-2-5-17(15-19)8-11-23(25)24-12-3-7-20(24)18-9-10-21-22(16-18)28-14-4-13-27-21/h2,5-6,9-10,15-16,20H,3-4,7-8,11-14H2,1H3. The van der Waals surface area contributed by atoms with Crippen LogP contribution in [0.15, 0.2) is 42.5 Å². The summed E-state index contributed by atoms with van der Waals surface area (Å²) in [5.41, 5.74) is 2.26. The number of nitrogens with zero attached hydrogens (tertiary/aromatic N) is 1. The van der Waals surface area contributed by atoms with Crippen molar-refractivity contribution in [1.82, 2.24) is 4.90 Å². The van der Waals surface area contributed by atoms with Crippen molar-refractivity contribution in [3.63, 3.8) is 0 Å². The minimum absolute atomic E-state index is 0.120. The summed E-state index contributed by atoms with van der Waals surface area (Å²) >= 11 is 0. The molecule has 0 spiro atoms. The highest BCUT2D eigenvalue weighted by Crippen LogP contribution is 2.38. The van der Waals surface area contributed by atoms with Crippen LogP contribution >= 0.6 is 0 Å². The Bertz CT molecular complexity index is 835. The van der Waals surface area contributed by atoms with Crippen LogP contribution in [0.2, 0.25) is 0 Å². The van der Waals surface area contributed by atoms with Gasteiger partial charge >= 0.3 is 0 Å². The molecule has 2 aliphatic rings. The Morgan fingerprint density at radius 1 is 1.11 bits per heavy atom. The number of rotatable bonds is 5. The van der Waals surface area contributed by atoms with Crippen LogP contribution in [0, 0.1) is 0 Å². The predicted molar refractivity (Wildman–Crippen MR) is 107 cm³/mol. The van der Waals surface area contributed by atoms with Gasteiger partial charge in [0.15, 0.2) is 11.5 Å². The van der Waals surface area contributed by atoms with E-state index in [1.165, 1.54) is 0 Å². The maximum Gasteiger partial charge on any atom is 0.223 e. The quantitative estimate of drug-likeness (QED) is 0.781. The van der Waals surface area contributed by atoms with Gasteiger partial charge in [0, 0.05) is 19.4 Å². The molecule has 0 aliphatic carbocycles. The highest BCUT2D eigenvalue weighted by atomic mass is 16.5. The monoisotopic (exact) mass is 381 g/mol. The summed E-state index contributed by atoms with van der Waals surface area (Å²) in [6, 6.07) is 14.2. The molecule has 2 heterocycles. The SMILES string of the molecule is COc1cccc(CCC(=O)N2CCCC2c2ccc3c(c2)OCCCO3)c1. The third kappa shape index (κ3) is 4.08. The molecule has 0 saturated carbocycles. The van der Waals surface area contributed by atoms with Crippen LogP contribution in [0.4, 0.5) is 0 Å². The zero-order chi connectivity index (χ0) is 19.3. The fraction of sp³-hybridized carbons (Fsp3) is 0.435. The molecular formula is C23H27NO4. The number of aryl methyl sites for hydroxylation is 1. The van der Waals surface area contributed by atoms with Gasteiger partial charge in [-0.1, -0.05) is 18.2 Å². The van der Waals surface area contributed by atoms with Crippen molar-refractivity contribution in [3.05, 3.63) is 53.6 Å². The molecule has 5 nitrogen and oxygen atoms in total. The molecule has 1 fully saturated rings. The number of hydrogen-bond acceptors (Lipinski definition) is 4. The Labute approximate surface area is 166 Å². The maximum atomic E-state index is 12.9. The number of ether oxygens (including phenoxy) is 3. The molecule has 1 amide bonds. The molecule has 1 saturated heterocycles. The average molecular weight is 381 g/mol. The van der Waals surface area contributed by atoms with Gasteiger partial charge in [0.2, 0.25) is 5.91 Å². The molecule has 2 aliphatic heterocycles. The highest BCUT2D eigenvalue weighted by molar-refractivity contribution is 5.77. The molecule has 4 rings (SSSR count). The molecule has 28 heavy (non-hydrogen) atoms. The van der Waals surface area contributed by atoms with Crippen LogP contribution in [0.1, 0.15) is 42.9 Å². The lowest BCUT2D eigenvalue weighted by atomic mass is 10.0. The van der Waals surface area contributed by atoms with Crippen LogP contribution in [-0.4, -0.2) is 37.7 Å². The van der Waals surface area contributed by atoms with E-state index in [2.05, 4.69) is 12.1 Å². The predicted octanol–water partition coefficient (Wildman–Crippen LogP) is 4.15. The van der Waals surface area contributed by atoms with Gasteiger partial charge in [-0.3, -0.25) is 4.79 Å². The zero-order valence-electron chi connectivity index (χ0n) is 16.4. The third-order valence-corrected chi connectivity index (χ3v) is 5.49. The zero-order valence-corrected chi connectivity index (χ0v) is 16.4. The molecule has 1 atom stereocenters. The van der Waals surface area contributed by atoms with E-state index in [4.69, 9.17) is 14.2 Å². The second-order valence-electron chi connectivity index (χ2n) is 7.35. The van der Waals surface area contributed by atoms with Gasteiger partial charge in [0.1, 0.15) is 5.75 Å². The number of fused-ring (bicyclic) bond motifs is 1. The third-order valence-electron chi connectivity index (χ3n) is 5.49. The molecule has 2 aromatic carbocycles. The summed E-state index contributed by atoms with van der Waals surface area (Å²) in [6.45, 7) is 2.17. The summed E-state index contributed by atoms with van der Waals surface area (Å²) in [6.07, 6.45) is 4.14. The average Bonchev–Trinajstić information content (AvgIpc) is 3.11. The van der Waals surface area contributed by atoms with E-state index in [9.17, 15) is 4.79 Å². The van der Waals surface area contributed by atoms with Gasteiger partial charge in [0.25, 0.3) is 0 Å². The molecule has 148 valence electrons. The Balaban J connectivity index is 1.44. The van der Waals surface area contributed by atoms with Crippen LogP contribution in [0.5, 0.6) is 17.2 Å². The first kappa shape index (κ1) is 18.7. The Kier molecular flexibility index (Phi) is 5.70. The summed E-state index contributed by atoms with van der Waals surface area (Å²) < 4.78 is 16.8. The van der Waals surface area contributed by atoms with Crippen molar-refractivity contribution in [1.29, 1.82) is 0 Å². The van der Waals surface area contributed by atoms with E-state index in [0.717, 1.165) is 60.6 Å². The first-order valence-electron chi connectivity index (χ1n) is 10.1. The van der Waals surface area contributed by atoms with Gasteiger partial charge in [-0.25, -0.2) is 0 Å². The summed E-state index contributed by atoms with van der Waals surface area (Å²) in [4.78, 5) is 15.0. The number of methoxy groups -OCH3 is 1. The van der Waals surface area contributed by atoms with Gasteiger partial charge in [-0.05, 0) is 54.7 Å². The second kappa shape index (κ2) is 8.55. The Morgan fingerprint density at radius 3 is 2.82 bits per heavy atom. The fourth-order valence-corrected chi connectivity index (χ4v) is 4.02. The van der Waals surface area contributed by atoms with Crippen molar-refractivity contribution in [2.45, 2.75) is 38.1 Å². The molecule has 0 aromatic heterocycles. The molecular weight excluding hydrogens is 354 g/mol. The van der Waals surface area contributed by atoms with E-state index in [1.807, 2.05) is 35.2 Å². The van der Waals surface area contributed by atoms with Crippen LogP contribution in [0.3, 0.4) is 0 Å². The van der Waals surface area contributed by atoms with Crippen molar-refractivity contribution >= 4 is 5.91 Å². The van der Waals surface area contributed by atoms with Gasteiger partial charge in [-0.2, -0.15) is 0 Å². The van der Waals surface area contributed by atoms with Crippen LogP contribution in [-0.2, 0) is 11.2 Å². The summed E-state index contributed by atoms with van der Waals surface area (Å²) in [5.74, 6) is 2.63. The van der Waals surface area contributed by atoms with E-state index in [0.29, 0.717) is 19.6 Å². The first-order valence-corrected chi connectivity index (χ1v) is 10.1. The van der Waals surface area contributed by atoms with E-state index < -0.39 is 0 Å². The topological polar surface area (TPSA) is 48.0 Å². The minimum Gasteiger partial charge on any atom is -0.497 e. The van der Waals surface area contributed by atoms with Crippen molar-refractivity contribution in [2.75, 3.05) is 26.9 Å². The lowest BCUT2D eigenvalue weighted by molar-refractivity contribution is -0.132. The molecule has 0 N–H and O–H groups in total. The number of hydrogen-bond donors (Lipinski definition) is 0. The van der Waals surface area contributed by atoms with Crippen molar-refractivity contribution < 1.29 is 19.0 Å². The molecule has 5 heteroatoms. The number of benzene rings is 2. The van der Waals surface area contributed by atoms with Crippen molar-refractivity contribution in [2.24, 2.45) is 0 Å². The van der Waals surface area contributed by atoms with Gasteiger partial charge in [0.05, 0.1) is 26.4 Å². The second-order valence-corrected chi connectivity index (χ2v) is 7.35. The fourth-order valence-electron chi connectivity index (χ4n) is 4.02. The lowest BCUT2D eigenvalue weighted by Gasteiger charge is -2.26. The number of carbonyl (C=O) groups excluding carboxylic acids is 1. The molecule has 0 bridgehead atoms. The summed E-state index contributed by atoms with van der Waals surface area (Å²) in [7, 11) is 1.66. The van der Waals surface area contributed by atoms with E-state index in [-0.39, 0.29) is 11.9 Å². The summed E-state index contributed by atoms with van der Waals surface area (Å²) in [5, 5.41) is 0. The first-order chi connectivity index (χ1) is 13.7. The van der Waals surface area contributed by atoms with E-state index in [1.54, 1.807) is 7.11 Å². The smallest absolute Gasteiger partial charge is 0.223 e. The van der Waals surface area contributed by atoms with Crippen LogP contribution in [0.25, 0.3) is 0 Å². The van der Waals surface area contributed by atoms with Crippen LogP contribution < -0.4 is 14.2 Å². The Hall–Kier alpha value is -2.69. The normalized spacial score (nSPS) is 18.6. The molecule has 2 aromatic rings. The van der Waals surface area contributed by atoms with E-state index >= 15 is 0 Å². The van der Waals surface area contributed by atoms with Crippen molar-refractivity contribution in [3.8, 4) is 17.2 Å². The molecule has 1 unspecified atom stereocenters. The maximum absolute atomic E-state index is 12.9. The minimum atomic E-state index is 0.120. The Morgan fingerprint density at radius 2 is 1.96 bits per heavy atom. The van der Waals surface area contributed by atoms with Gasteiger partial charge < -0.3 is 19.1 Å². The number of carbonyl (C=O) groups is 1.